The highest BCUT2D eigenvalue weighted by Gasteiger charge is 2.25. The van der Waals surface area contributed by atoms with Crippen molar-refractivity contribution in [1.29, 1.82) is 5.26 Å². The molecule has 0 unspecified atom stereocenters. The first-order chi connectivity index (χ1) is 15.2. The zero-order valence-electron chi connectivity index (χ0n) is 18.2. The second kappa shape index (κ2) is 8.38. The lowest BCUT2D eigenvalue weighted by Gasteiger charge is -2.30. The number of carbonyl (C=O) groups excluding carboxylic acids is 1. The number of halogens is 1. The van der Waals surface area contributed by atoms with E-state index in [1.54, 1.807) is 32.9 Å². The second-order valence-electron chi connectivity index (χ2n) is 8.60. The first kappa shape index (κ1) is 21.4. The quantitative estimate of drug-likeness (QED) is 0.688. The number of fused-ring (bicyclic) bond motifs is 1. The van der Waals surface area contributed by atoms with Crippen molar-refractivity contribution >= 4 is 17.6 Å². The molecule has 164 valence electrons. The van der Waals surface area contributed by atoms with E-state index in [2.05, 4.69) is 15.3 Å². The number of pyridine rings is 1. The van der Waals surface area contributed by atoms with Crippen LogP contribution in [0.3, 0.4) is 0 Å². The van der Waals surface area contributed by atoms with E-state index in [1.165, 1.54) is 6.07 Å². The highest BCUT2D eigenvalue weighted by atomic mass is 19.1. The van der Waals surface area contributed by atoms with Gasteiger partial charge in [-0.25, -0.2) is 14.2 Å². The van der Waals surface area contributed by atoms with Crippen molar-refractivity contribution in [3.8, 4) is 6.07 Å². The molecule has 0 atom stereocenters. The van der Waals surface area contributed by atoms with Gasteiger partial charge in [-0.2, -0.15) is 10.3 Å². The summed E-state index contributed by atoms with van der Waals surface area (Å²) in [6, 6.07) is 10.6. The Kier molecular flexibility index (Phi) is 5.61. The molecule has 9 heteroatoms. The summed E-state index contributed by atoms with van der Waals surface area (Å²) in [4.78, 5) is 18.8. The smallest absolute Gasteiger partial charge is 0.432 e. The van der Waals surface area contributed by atoms with E-state index in [0.717, 1.165) is 10.6 Å². The van der Waals surface area contributed by atoms with Gasteiger partial charge in [0.1, 0.15) is 22.9 Å². The van der Waals surface area contributed by atoms with Crippen LogP contribution in [0.2, 0.25) is 0 Å². The standard InChI is InChI=1S/C23H23FN6O2/c1-23(2,3)32-22(31)30-10-8-20(27-28-30)19-5-4-6-21(26-19)29-9-7-16-11-15(13-25)12-18(24)17(16)14-29/h4-6,8,11-12H,7,9-10,14H2,1-3H3. The monoisotopic (exact) mass is 434 g/mol. The van der Waals surface area contributed by atoms with E-state index < -0.39 is 11.7 Å². The lowest BCUT2D eigenvalue weighted by atomic mass is 9.97. The predicted molar refractivity (Wildman–Crippen MR) is 116 cm³/mol. The van der Waals surface area contributed by atoms with Crippen LogP contribution in [-0.2, 0) is 17.7 Å². The SMILES string of the molecule is CC(C)(C)OC(=O)N1CC=C(c2cccc(N3CCc4cc(C#N)cc(F)c4C3)n2)N=N1. The van der Waals surface area contributed by atoms with E-state index >= 15 is 0 Å². The van der Waals surface area contributed by atoms with Crippen LogP contribution in [0, 0.1) is 17.1 Å². The van der Waals surface area contributed by atoms with Gasteiger partial charge in [-0.3, -0.25) is 0 Å². The maximum atomic E-state index is 14.5. The minimum absolute atomic E-state index is 0.225. The molecule has 1 amide bonds. The van der Waals surface area contributed by atoms with E-state index in [9.17, 15) is 9.18 Å². The van der Waals surface area contributed by atoms with Gasteiger partial charge in [0.2, 0.25) is 0 Å². The summed E-state index contributed by atoms with van der Waals surface area (Å²) >= 11 is 0. The fourth-order valence-corrected chi connectivity index (χ4v) is 3.56. The topological polar surface area (TPSA) is 94.2 Å². The Hall–Kier alpha value is -3.80. The normalized spacial score (nSPS) is 15.7. The summed E-state index contributed by atoms with van der Waals surface area (Å²) in [6.45, 7) is 6.62. The zero-order valence-corrected chi connectivity index (χ0v) is 18.2. The molecule has 32 heavy (non-hydrogen) atoms. The zero-order chi connectivity index (χ0) is 22.9. The average Bonchev–Trinajstić information content (AvgIpc) is 2.78. The number of rotatable bonds is 2. The van der Waals surface area contributed by atoms with Crippen molar-refractivity contribution in [3.63, 3.8) is 0 Å². The molecule has 0 bridgehead atoms. The molecule has 0 N–H and O–H groups in total. The van der Waals surface area contributed by atoms with Gasteiger partial charge in [0.25, 0.3) is 0 Å². The molecule has 1 aromatic carbocycles. The Balaban J connectivity index is 1.49. The Morgan fingerprint density at radius 3 is 2.78 bits per heavy atom. The molecule has 2 aliphatic rings. The Bertz CT molecular complexity index is 1160. The maximum Gasteiger partial charge on any atom is 0.432 e. The number of nitrogens with zero attached hydrogens (tertiary/aromatic N) is 6. The summed E-state index contributed by atoms with van der Waals surface area (Å²) in [5.41, 5.74) is 2.33. The number of amides is 1. The van der Waals surface area contributed by atoms with Crippen molar-refractivity contribution in [2.45, 2.75) is 39.3 Å². The first-order valence-electron chi connectivity index (χ1n) is 10.3. The molecule has 0 saturated heterocycles. The van der Waals surface area contributed by atoms with Gasteiger partial charge >= 0.3 is 6.09 Å². The molecule has 1 aromatic heterocycles. The summed E-state index contributed by atoms with van der Waals surface area (Å²) in [5.74, 6) is 0.327. The van der Waals surface area contributed by atoms with Crippen LogP contribution in [0.15, 0.2) is 46.7 Å². The van der Waals surface area contributed by atoms with Gasteiger partial charge in [0, 0.05) is 18.7 Å². The molecule has 3 heterocycles. The number of hydrogen-bond acceptors (Lipinski definition) is 7. The van der Waals surface area contributed by atoms with Crippen LogP contribution < -0.4 is 4.90 Å². The van der Waals surface area contributed by atoms with Crippen molar-refractivity contribution < 1.29 is 13.9 Å². The van der Waals surface area contributed by atoms with Gasteiger partial charge < -0.3 is 9.64 Å². The lowest BCUT2D eigenvalue weighted by Crippen LogP contribution is -2.34. The van der Waals surface area contributed by atoms with E-state index in [4.69, 9.17) is 10.00 Å². The summed E-state index contributed by atoms with van der Waals surface area (Å²) in [5, 5.41) is 18.3. The maximum absolute atomic E-state index is 14.5. The molecule has 4 rings (SSSR count). The molecule has 2 aliphatic heterocycles. The highest BCUT2D eigenvalue weighted by molar-refractivity contribution is 5.70. The van der Waals surface area contributed by atoms with Crippen LogP contribution in [0.25, 0.3) is 5.70 Å². The number of nitriles is 1. The van der Waals surface area contributed by atoms with Gasteiger partial charge in [0.05, 0.1) is 23.9 Å². The van der Waals surface area contributed by atoms with E-state index in [1.807, 2.05) is 29.2 Å². The van der Waals surface area contributed by atoms with Crippen molar-refractivity contribution in [1.82, 2.24) is 9.99 Å². The Labute approximate surface area is 185 Å². The van der Waals surface area contributed by atoms with Crippen molar-refractivity contribution in [2.24, 2.45) is 10.3 Å². The summed E-state index contributed by atoms with van der Waals surface area (Å²) < 4.78 is 19.8. The molecule has 0 spiro atoms. The van der Waals surface area contributed by atoms with Gasteiger partial charge in [-0.1, -0.05) is 11.3 Å². The van der Waals surface area contributed by atoms with Crippen molar-refractivity contribution in [3.05, 3.63) is 64.6 Å². The molecule has 0 saturated carbocycles. The molecule has 2 aromatic rings. The van der Waals surface area contributed by atoms with Gasteiger partial charge in [0.15, 0.2) is 0 Å². The lowest BCUT2D eigenvalue weighted by molar-refractivity contribution is 0.0257. The van der Waals surface area contributed by atoms with Crippen LogP contribution in [-0.4, -0.2) is 34.8 Å². The Morgan fingerprint density at radius 2 is 2.09 bits per heavy atom. The fraction of sp³-hybridized carbons (Fsp3) is 0.348. The van der Waals surface area contributed by atoms with Crippen LogP contribution >= 0.6 is 0 Å². The number of anilines is 1. The number of hydrogen-bond donors (Lipinski definition) is 0. The van der Waals surface area contributed by atoms with E-state index in [-0.39, 0.29) is 12.4 Å². The number of ether oxygens (including phenoxy) is 1. The summed E-state index contributed by atoms with van der Waals surface area (Å²) in [6.07, 6.45) is 1.82. The number of benzene rings is 1. The van der Waals surface area contributed by atoms with Gasteiger partial charge in [-0.05, 0) is 63.1 Å². The average molecular weight is 434 g/mol. The fourth-order valence-electron chi connectivity index (χ4n) is 3.56. The highest BCUT2D eigenvalue weighted by Crippen LogP contribution is 2.28. The second-order valence-corrected chi connectivity index (χ2v) is 8.60. The third-order valence-electron chi connectivity index (χ3n) is 5.06. The first-order valence-corrected chi connectivity index (χ1v) is 10.3. The van der Waals surface area contributed by atoms with Crippen LogP contribution in [0.1, 0.15) is 43.2 Å². The molecular weight excluding hydrogens is 411 g/mol. The minimum atomic E-state index is -0.616. The molecule has 0 aliphatic carbocycles. The minimum Gasteiger partial charge on any atom is -0.442 e. The third kappa shape index (κ3) is 4.59. The molecule has 0 radical (unpaired) electrons. The Morgan fingerprint density at radius 1 is 1.28 bits per heavy atom. The van der Waals surface area contributed by atoms with Crippen molar-refractivity contribution in [2.75, 3.05) is 18.0 Å². The van der Waals surface area contributed by atoms with E-state index in [0.29, 0.717) is 47.8 Å². The largest absolute Gasteiger partial charge is 0.442 e. The number of carbonyl (C=O) groups is 1. The van der Waals surface area contributed by atoms with Gasteiger partial charge in [-0.15, -0.1) is 5.11 Å². The summed E-state index contributed by atoms with van der Waals surface area (Å²) in [7, 11) is 0. The van der Waals surface area contributed by atoms with Crippen LogP contribution in [0.4, 0.5) is 15.0 Å². The molecule has 0 fully saturated rings. The van der Waals surface area contributed by atoms with Crippen LogP contribution in [0.5, 0.6) is 0 Å². The predicted octanol–water partition coefficient (Wildman–Crippen LogP) is 4.61. The molecule has 8 nitrogen and oxygen atoms in total. The number of aromatic nitrogens is 1. The molecular formula is C23H23FN6O2. The third-order valence-corrected chi connectivity index (χ3v) is 5.06.